The third-order valence-corrected chi connectivity index (χ3v) is 13.0. The van der Waals surface area contributed by atoms with Crippen LogP contribution in [0.25, 0.3) is 22.5 Å². The fourth-order valence-corrected chi connectivity index (χ4v) is 8.93. The van der Waals surface area contributed by atoms with Crippen LogP contribution in [0.2, 0.25) is 0 Å². The molecule has 6 aromatic rings. The third-order valence-electron chi connectivity index (χ3n) is 13.0. The minimum Gasteiger partial charge on any atom is -0.489 e. The van der Waals surface area contributed by atoms with Crippen molar-refractivity contribution in [3.05, 3.63) is 167 Å². The second kappa shape index (κ2) is 20.1. The summed E-state index contributed by atoms with van der Waals surface area (Å²) < 4.78 is 103. The van der Waals surface area contributed by atoms with Gasteiger partial charge in [0.2, 0.25) is 0 Å². The van der Waals surface area contributed by atoms with Gasteiger partial charge in [-0.1, -0.05) is 54.6 Å². The number of benzene rings is 3. The molecule has 0 N–H and O–H groups in total. The molecule has 0 unspecified atom stereocenters. The van der Waals surface area contributed by atoms with Gasteiger partial charge in [0.1, 0.15) is 12.4 Å². The van der Waals surface area contributed by atoms with Gasteiger partial charge in [0.25, 0.3) is 0 Å². The lowest BCUT2D eigenvalue weighted by Crippen LogP contribution is -2.43. The lowest BCUT2D eigenvalue weighted by molar-refractivity contribution is -0.138. The van der Waals surface area contributed by atoms with Crippen molar-refractivity contribution in [2.45, 2.75) is 68.7 Å². The predicted octanol–water partition coefficient (Wildman–Crippen LogP) is 11.2. The maximum absolute atomic E-state index is 14.2. The summed E-state index contributed by atoms with van der Waals surface area (Å²) in [5, 5.41) is 0. The van der Waals surface area contributed by atoms with Gasteiger partial charge >= 0.3 is 12.4 Å². The summed E-state index contributed by atoms with van der Waals surface area (Å²) in [5.74, 6) is 0.540. The Morgan fingerprint density at radius 3 is 1.45 bits per heavy atom. The van der Waals surface area contributed by atoms with E-state index >= 15 is 0 Å². The van der Waals surface area contributed by atoms with Gasteiger partial charge in [-0.2, -0.15) is 26.3 Å². The number of nitrogens with zero attached hydrogens (tertiary/aromatic N) is 5. The highest BCUT2D eigenvalue weighted by Gasteiger charge is 2.38. The topological polar surface area (TPSA) is 72.8 Å². The molecule has 66 heavy (non-hydrogen) atoms. The zero-order valence-corrected chi connectivity index (χ0v) is 37.0. The summed E-state index contributed by atoms with van der Waals surface area (Å²) in [6.07, 6.45) is -2.73. The van der Waals surface area contributed by atoms with Crippen molar-refractivity contribution in [1.29, 1.82) is 0 Å². The van der Waals surface area contributed by atoms with Crippen LogP contribution >= 0.6 is 0 Å². The number of rotatable bonds is 15. The highest BCUT2D eigenvalue weighted by molar-refractivity contribution is 5.62. The molecule has 8 rings (SSSR count). The van der Waals surface area contributed by atoms with Gasteiger partial charge in [0, 0.05) is 34.4 Å². The van der Waals surface area contributed by atoms with Crippen LogP contribution < -0.4 is 4.74 Å². The second-order valence-electron chi connectivity index (χ2n) is 17.7. The molecule has 3 aromatic carbocycles. The van der Waals surface area contributed by atoms with Gasteiger partial charge in [-0.05, 0) is 143 Å². The fraction of sp³-hybridized carbons (Fsp3) is 0.365. The first-order valence-corrected chi connectivity index (χ1v) is 22.1. The van der Waals surface area contributed by atoms with Crippen LogP contribution in [0.1, 0.15) is 64.9 Å². The Kier molecular flexibility index (Phi) is 14.2. The summed E-state index contributed by atoms with van der Waals surface area (Å²) in [6, 6.07) is 32.6. The van der Waals surface area contributed by atoms with E-state index in [9.17, 15) is 26.3 Å². The van der Waals surface area contributed by atoms with Crippen molar-refractivity contribution in [3.63, 3.8) is 0 Å². The normalized spacial score (nSPS) is 16.8. The van der Waals surface area contributed by atoms with Crippen molar-refractivity contribution in [2.24, 2.45) is 0 Å². The molecule has 2 aliphatic heterocycles. The fourth-order valence-electron chi connectivity index (χ4n) is 8.93. The highest BCUT2D eigenvalue weighted by atomic mass is 19.4. The first-order valence-electron chi connectivity index (χ1n) is 22.1. The summed E-state index contributed by atoms with van der Waals surface area (Å²) >= 11 is 0. The van der Waals surface area contributed by atoms with E-state index in [-0.39, 0.29) is 53.4 Å². The van der Waals surface area contributed by atoms with E-state index in [2.05, 4.69) is 63.1 Å². The zero-order valence-electron chi connectivity index (χ0n) is 37.0. The lowest BCUT2D eigenvalue weighted by Gasteiger charge is -2.41. The van der Waals surface area contributed by atoms with Crippen molar-refractivity contribution in [1.82, 2.24) is 24.8 Å². The van der Waals surface area contributed by atoms with Crippen LogP contribution in [-0.2, 0) is 52.5 Å². The van der Waals surface area contributed by atoms with Crippen molar-refractivity contribution < 1.29 is 40.6 Å². The monoisotopic (exact) mass is 909 g/mol. The number of alkyl halides is 6. The number of hydrogen-bond donors (Lipinski definition) is 0. The Morgan fingerprint density at radius 2 is 0.985 bits per heavy atom. The van der Waals surface area contributed by atoms with Crippen LogP contribution in [0.3, 0.4) is 0 Å². The molecule has 0 saturated carbocycles. The standard InChI is InChI=1S/C52H53F6N5O3/c1-62-24-18-49(19-25-62,40-6-4-3-5-7-40)35-64-33-44-28-42(51(53,54)55)30-47(60-44)38-10-14-46(15-11-38)66-32-37-8-12-41(13-9-37)50(20-26-63(2)27-21-50)36-65-34-45-29-43(52(56,57)58)31-48(61-45)39-16-22-59-23-17-39/h3-17,22-23,28-31H,18-21,24-27,32-36H2,1-2H3. The summed E-state index contributed by atoms with van der Waals surface area (Å²) in [5.41, 5.74) is 2.80. The number of ether oxygens (including phenoxy) is 3. The Bertz CT molecular complexity index is 2510. The van der Waals surface area contributed by atoms with E-state index in [0.29, 0.717) is 30.1 Å². The largest absolute Gasteiger partial charge is 0.489 e. The van der Waals surface area contributed by atoms with Crippen LogP contribution in [0.4, 0.5) is 26.3 Å². The van der Waals surface area contributed by atoms with Crippen LogP contribution in [-0.4, -0.2) is 78.2 Å². The first kappa shape index (κ1) is 46.8. The highest BCUT2D eigenvalue weighted by Crippen LogP contribution is 2.39. The van der Waals surface area contributed by atoms with Crippen molar-refractivity contribution in [3.8, 4) is 28.3 Å². The number of likely N-dealkylation sites (tertiary alicyclic amines) is 2. The van der Waals surface area contributed by atoms with Crippen LogP contribution in [0.15, 0.2) is 128 Å². The second-order valence-corrected chi connectivity index (χ2v) is 17.7. The zero-order chi connectivity index (χ0) is 46.4. The number of hydrogen-bond acceptors (Lipinski definition) is 8. The molecule has 0 amide bonds. The van der Waals surface area contributed by atoms with E-state index < -0.39 is 23.5 Å². The van der Waals surface area contributed by atoms with Gasteiger partial charge < -0.3 is 24.0 Å². The van der Waals surface area contributed by atoms with Gasteiger partial charge in [0.05, 0.1) is 60.3 Å². The van der Waals surface area contributed by atoms with Gasteiger partial charge in [-0.25, -0.2) is 0 Å². The van der Waals surface area contributed by atoms with Gasteiger partial charge in [-0.3, -0.25) is 15.0 Å². The minimum absolute atomic E-state index is 0.0574. The smallest absolute Gasteiger partial charge is 0.416 e. The number of halogens is 6. The summed E-state index contributed by atoms with van der Waals surface area (Å²) in [6.45, 7) is 4.24. The summed E-state index contributed by atoms with van der Waals surface area (Å²) in [7, 11) is 4.15. The molecule has 0 radical (unpaired) electrons. The lowest BCUT2D eigenvalue weighted by atomic mass is 9.73. The van der Waals surface area contributed by atoms with E-state index in [1.54, 1.807) is 36.4 Å². The van der Waals surface area contributed by atoms with E-state index in [4.69, 9.17) is 14.2 Å². The molecule has 346 valence electrons. The Labute approximate surface area is 381 Å². The van der Waals surface area contributed by atoms with Crippen LogP contribution in [0, 0.1) is 0 Å². The van der Waals surface area contributed by atoms with E-state index in [0.717, 1.165) is 87.3 Å². The average molecular weight is 910 g/mol. The molecular weight excluding hydrogens is 857 g/mol. The van der Waals surface area contributed by atoms with E-state index in [1.165, 1.54) is 18.0 Å². The molecule has 2 saturated heterocycles. The van der Waals surface area contributed by atoms with Crippen molar-refractivity contribution in [2.75, 3.05) is 53.5 Å². The summed E-state index contributed by atoms with van der Waals surface area (Å²) in [4.78, 5) is 17.6. The molecule has 0 spiro atoms. The molecule has 0 aliphatic carbocycles. The van der Waals surface area contributed by atoms with Crippen molar-refractivity contribution >= 4 is 0 Å². The molecule has 8 nitrogen and oxygen atoms in total. The van der Waals surface area contributed by atoms with Gasteiger partial charge in [0.15, 0.2) is 0 Å². The molecule has 14 heteroatoms. The SMILES string of the molecule is CN1CCC(COCc2cc(C(F)(F)F)cc(-c3ccc(OCc4ccc(C5(COCc6cc(C(F)(F)F)cc(-c7ccncc7)n6)CCN(C)CC5)cc4)cc3)n2)(c2ccccc2)CC1. The Morgan fingerprint density at radius 1 is 0.530 bits per heavy atom. The number of pyridine rings is 3. The molecule has 3 aromatic heterocycles. The Hall–Kier alpha value is -5.67. The van der Waals surface area contributed by atoms with Gasteiger partial charge in [-0.15, -0.1) is 0 Å². The third kappa shape index (κ3) is 11.5. The Balaban J connectivity index is 0.910. The van der Waals surface area contributed by atoms with Crippen LogP contribution in [0.5, 0.6) is 5.75 Å². The average Bonchev–Trinajstić information content (AvgIpc) is 3.32. The maximum atomic E-state index is 14.2. The minimum atomic E-state index is -4.57. The predicted molar refractivity (Wildman–Crippen MR) is 240 cm³/mol. The molecule has 2 aliphatic rings. The molecule has 5 heterocycles. The number of piperidine rings is 2. The molecule has 0 atom stereocenters. The molecular formula is C52H53F6N5O3. The molecule has 2 fully saturated rings. The van der Waals surface area contributed by atoms with E-state index in [1.807, 2.05) is 30.3 Å². The first-order chi connectivity index (χ1) is 31.7. The quantitative estimate of drug-likeness (QED) is 0.0944. The maximum Gasteiger partial charge on any atom is 0.416 e. The molecule has 0 bridgehead atoms. The number of aromatic nitrogens is 3.